The van der Waals surface area contributed by atoms with Gasteiger partial charge in [-0.2, -0.15) is 0 Å². The van der Waals surface area contributed by atoms with Gasteiger partial charge in [-0.1, -0.05) is 29.8 Å². The van der Waals surface area contributed by atoms with E-state index in [0.29, 0.717) is 5.92 Å². The zero-order valence-corrected chi connectivity index (χ0v) is 11.9. The van der Waals surface area contributed by atoms with E-state index in [0.717, 1.165) is 21.3 Å². The van der Waals surface area contributed by atoms with Gasteiger partial charge in [0.25, 0.3) is 5.24 Å². The third-order valence-corrected chi connectivity index (χ3v) is 3.22. The highest BCUT2D eigenvalue weighted by Crippen LogP contribution is 2.32. The molecular formula is C12H14BrClO2. The van der Waals surface area contributed by atoms with Gasteiger partial charge in [-0.05, 0) is 47.7 Å². The van der Waals surface area contributed by atoms with E-state index < -0.39 is 5.24 Å². The van der Waals surface area contributed by atoms with Crippen LogP contribution in [0, 0.1) is 6.92 Å². The molecule has 0 saturated carbocycles. The standard InChI is InChI=1S/C12H14BrClO2/c1-7(2)9-5-10(13)8(3)4-11(9)16-6-12(14)15/h4-5,7H,6H2,1-3H3. The predicted molar refractivity (Wildman–Crippen MR) is 69.3 cm³/mol. The summed E-state index contributed by atoms with van der Waals surface area (Å²) in [5.41, 5.74) is 2.14. The molecule has 0 spiro atoms. The van der Waals surface area contributed by atoms with Gasteiger partial charge in [0.15, 0.2) is 6.61 Å². The number of aryl methyl sites for hydroxylation is 1. The highest BCUT2D eigenvalue weighted by Gasteiger charge is 2.11. The summed E-state index contributed by atoms with van der Waals surface area (Å²) in [5.74, 6) is 1.06. The Morgan fingerprint density at radius 2 is 2.12 bits per heavy atom. The van der Waals surface area contributed by atoms with Crippen LogP contribution in [-0.4, -0.2) is 11.8 Å². The van der Waals surface area contributed by atoms with Crippen LogP contribution >= 0.6 is 27.5 Å². The highest BCUT2D eigenvalue weighted by molar-refractivity contribution is 9.10. The summed E-state index contributed by atoms with van der Waals surface area (Å²) < 4.78 is 6.44. The molecule has 0 aliphatic carbocycles. The summed E-state index contributed by atoms with van der Waals surface area (Å²) in [5, 5.41) is -0.490. The van der Waals surface area contributed by atoms with Crippen molar-refractivity contribution in [3.05, 3.63) is 27.7 Å². The smallest absolute Gasteiger partial charge is 0.259 e. The quantitative estimate of drug-likeness (QED) is 0.785. The van der Waals surface area contributed by atoms with E-state index in [2.05, 4.69) is 29.8 Å². The summed E-state index contributed by atoms with van der Waals surface area (Å²) in [4.78, 5) is 10.7. The SMILES string of the molecule is Cc1cc(OCC(=O)Cl)c(C(C)C)cc1Br. The molecule has 1 aromatic rings. The summed E-state index contributed by atoms with van der Waals surface area (Å²) in [7, 11) is 0. The van der Waals surface area contributed by atoms with Crippen LogP contribution in [0.1, 0.15) is 30.9 Å². The average molecular weight is 306 g/mol. The molecule has 0 atom stereocenters. The summed E-state index contributed by atoms with van der Waals surface area (Å²) >= 11 is 8.74. The number of rotatable bonds is 4. The number of hydrogen-bond donors (Lipinski definition) is 0. The fraction of sp³-hybridized carbons (Fsp3) is 0.417. The molecule has 0 aromatic heterocycles. The molecule has 0 aliphatic heterocycles. The Balaban J connectivity index is 3.04. The van der Waals surface area contributed by atoms with Crippen LogP contribution in [0.25, 0.3) is 0 Å². The van der Waals surface area contributed by atoms with Gasteiger partial charge in [0.1, 0.15) is 5.75 Å². The van der Waals surface area contributed by atoms with Crippen molar-refractivity contribution >= 4 is 32.8 Å². The zero-order valence-electron chi connectivity index (χ0n) is 9.51. The molecule has 0 saturated heterocycles. The van der Waals surface area contributed by atoms with E-state index in [1.54, 1.807) is 0 Å². The molecular weight excluding hydrogens is 291 g/mol. The number of halogens is 2. The Kier molecular flexibility index (Phi) is 4.81. The molecule has 0 radical (unpaired) electrons. The molecule has 0 unspecified atom stereocenters. The van der Waals surface area contributed by atoms with Crippen LogP contribution in [0.15, 0.2) is 16.6 Å². The second kappa shape index (κ2) is 5.69. The van der Waals surface area contributed by atoms with Crippen molar-refractivity contribution in [3.63, 3.8) is 0 Å². The Bertz CT molecular complexity index is 402. The van der Waals surface area contributed by atoms with Gasteiger partial charge in [-0.25, -0.2) is 0 Å². The summed E-state index contributed by atoms with van der Waals surface area (Å²) in [6, 6.07) is 3.94. The maximum absolute atomic E-state index is 10.7. The lowest BCUT2D eigenvalue weighted by Crippen LogP contribution is -2.07. The Morgan fingerprint density at radius 1 is 1.50 bits per heavy atom. The van der Waals surface area contributed by atoms with Crippen LogP contribution in [0.3, 0.4) is 0 Å². The molecule has 2 nitrogen and oxygen atoms in total. The lowest BCUT2D eigenvalue weighted by Gasteiger charge is -2.15. The molecule has 0 fully saturated rings. The summed E-state index contributed by atoms with van der Waals surface area (Å²) in [6.45, 7) is 6.03. The minimum Gasteiger partial charge on any atom is -0.484 e. The molecule has 1 rings (SSSR count). The van der Waals surface area contributed by atoms with Gasteiger partial charge in [0.2, 0.25) is 0 Å². The van der Waals surface area contributed by atoms with Crippen molar-refractivity contribution in [1.29, 1.82) is 0 Å². The predicted octanol–water partition coefficient (Wildman–Crippen LogP) is 4.03. The van der Waals surface area contributed by atoms with E-state index in [4.69, 9.17) is 16.3 Å². The normalized spacial score (nSPS) is 10.6. The van der Waals surface area contributed by atoms with Gasteiger partial charge >= 0.3 is 0 Å². The fourth-order valence-corrected chi connectivity index (χ4v) is 1.80. The first-order valence-electron chi connectivity index (χ1n) is 5.03. The molecule has 16 heavy (non-hydrogen) atoms. The lowest BCUT2D eigenvalue weighted by molar-refractivity contribution is -0.113. The second-order valence-electron chi connectivity index (χ2n) is 3.94. The molecule has 0 aliphatic rings. The van der Waals surface area contributed by atoms with Crippen molar-refractivity contribution in [2.75, 3.05) is 6.61 Å². The van der Waals surface area contributed by atoms with Crippen LogP contribution in [0.2, 0.25) is 0 Å². The van der Waals surface area contributed by atoms with E-state index in [1.165, 1.54) is 0 Å². The molecule has 0 heterocycles. The number of hydrogen-bond acceptors (Lipinski definition) is 2. The average Bonchev–Trinajstić information content (AvgIpc) is 2.18. The van der Waals surface area contributed by atoms with Crippen LogP contribution in [-0.2, 0) is 4.79 Å². The van der Waals surface area contributed by atoms with E-state index in [9.17, 15) is 4.79 Å². The van der Waals surface area contributed by atoms with Crippen LogP contribution in [0.4, 0.5) is 0 Å². The largest absolute Gasteiger partial charge is 0.484 e. The van der Waals surface area contributed by atoms with Crippen molar-refractivity contribution < 1.29 is 9.53 Å². The third kappa shape index (κ3) is 3.49. The van der Waals surface area contributed by atoms with Crippen molar-refractivity contribution in [1.82, 2.24) is 0 Å². The summed E-state index contributed by atoms with van der Waals surface area (Å²) in [6.07, 6.45) is 0. The van der Waals surface area contributed by atoms with E-state index >= 15 is 0 Å². The first-order valence-corrected chi connectivity index (χ1v) is 6.20. The molecule has 88 valence electrons. The Labute approximate surface area is 109 Å². The van der Waals surface area contributed by atoms with E-state index in [-0.39, 0.29) is 6.61 Å². The minimum atomic E-state index is -0.490. The zero-order chi connectivity index (χ0) is 12.3. The van der Waals surface area contributed by atoms with Crippen molar-refractivity contribution in [3.8, 4) is 5.75 Å². The first-order chi connectivity index (χ1) is 7.41. The lowest BCUT2D eigenvalue weighted by atomic mass is 10.0. The van der Waals surface area contributed by atoms with Gasteiger partial charge in [-0.3, -0.25) is 4.79 Å². The number of carbonyl (C=O) groups is 1. The number of ether oxygens (including phenoxy) is 1. The van der Waals surface area contributed by atoms with Gasteiger partial charge < -0.3 is 4.74 Å². The first kappa shape index (κ1) is 13.5. The molecule has 0 bridgehead atoms. The molecule has 1 aromatic carbocycles. The molecule has 0 amide bonds. The van der Waals surface area contributed by atoms with Gasteiger partial charge in [0, 0.05) is 4.47 Å². The topological polar surface area (TPSA) is 26.3 Å². The molecule has 4 heteroatoms. The maximum atomic E-state index is 10.7. The van der Waals surface area contributed by atoms with Crippen molar-refractivity contribution in [2.45, 2.75) is 26.7 Å². The number of benzene rings is 1. The molecule has 0 N–H and O–H groups in total. The van der Waals surface area contributed by atoms with E-state index in [1.807, 2.05) is 19.1 Å². The fourth-order valence-electron chi connectivity index (χ4n) is 1.38. The van der Waals surface area contributed by atoms with Gasteiger partial charge in [-0.15, -0.1) is 0 Å². The minimum absolute atomic E-state index is 0.0949. The highest BCUT2D eigenvalue weighted by atomic mass is 79.9. The third-order valence-electron chi connectivity index (χ3n) is 2.25. The second-order valence-corrected chi connectivity index (χ2v) is 5.21. The Hall–Kier alpha value is -0.540. The van der Waals surface area contributed by atoms with Gasteiger partial charge in [0.05, 0.1) is 0 Å². The monoisotopic (exact) mass is 304 g/mol. The number of carbonyl (C=O) groups excluding carboxylic acids is 1. The van der Waals surface area contributed by atoms with Crippen LogP contribution in [0.5, 0.6) is 5.75 Å². The van der Waals surface area contributed by atoms with Crippen molar-refractivity contribution in [2.24, 2.45) is 0 Å². The van der Waals surface area contributed by atoms with Crippen LogP contribution < -0.4 is 4.74 Å². The Morgan fingerprint density at radius 3 is 2.62 bits per heavy atom. The maximum Gasteiger partial charge on any atom is 0.259 e.